The summed E-state index contributed by atoms with van der Waals surface area (Å²) in [5.74, 6) is 0. The molecule has 166 valence electrons. The summed E-state index contributed by atoms with van der Waals surface area (Å²) in [6.07, 6.45) is 10.1. The van der Waals surface area contributed by atoms with Crippen molar-refractivity contribution in [1.82, 2.24) is 10.6 Å². The normalized spacial score (nSPS) is 30.9. The van der Waals surface area contributed by atoms with E-state index in [-0.39, 0.29) is 22.2 Å². The fourth-order valence-corrected chi connectivity index (χ4v) is 5.39. The fraction of sp³-hybridized carbons (Fsp3) is 1.00. The van der Waals surface area contributed by atoms with Crippen LogP contribution in [-0.4, -0.2) is 47.6 Å². The van der Waals surface area contributed by atoms with Gasteiger partial charge in [0, 0.05) is 35.4 Å². The third-order valence-corrected chi connectivity index (χ3v) is 6.38. The van der Waals surface area contributed by atoms with Crippen LogP contribution >= 0.6 is 0 Å². The van der Waals surface area contributed by atoms with Gasteiger partial charge in [-0.2, -0.15) is 0 Å². The fourth-order valence-electron chi connectivity index (χ4n) is 5.39. The van der Waals surface area contributed by atoms with E-state index >= 15 is 0 Å². The number of nitrogens with one attached hydrogen (secondary N) is 2. The van der Waals surface area contributed by atoms with Gasteiger partial charge in [-0.25, -0.2) is 0 Å². The zero-order valence-electron chi connectivity index (χ0n) is 20.0. The maximum absolute atomic E-state index is 6.25. The highest BCUT2D eigenvalue weighted by molar-refractivity contribution is 5.04. The summed E-state index contributed by atoms with van der Waals surface area (Å²) in [6.45, 7) is 20.1. The van der Waals surface area contributed by atoms with Gasteiger partial charge in [-0.1, -0.05) is 12.8 Å². The van der Waals surface area contributed by atoms with Crippen LogP contribution in [0.5, 0.6) is 0 Å². The highest BCUT2D eigenvalue weighted by Gasteiger charge is 2.44. The Morgan fingerprint density at radius 2 is 1.25 bits per heavy atom. The molecule has 0 aromatic rings. The summed E-state index contributed by atoms with van der Waals surface area (Å²) < 4.78 is 12.5. The van der Waals surface area contributed by atoms with Crippen molar-refractivity contribution >= 4 is 0 Å². The molecule has 2 unspecified atom stereocenters. The molecule has 4 nitrogen and oxygen atoms in total. The standard InChI is InChI=1S/C24H48N2O2/c1-21(2)14-13-19(17-22(3,4)25-21)27-15-11-9-10-12-16-28-20-18-23(5,6)26-24(20,7)8/h19-20,25-26H,9-18H2,1-8H3. The molecule has 28 heavy (non-hydrogen) atoms. The van der Waals surface area contributed by atoms with E-state index in [0.717, 1.165) is 38.9 Å². The molecule has 0 spiro atoms. The molecule has 2 rings (SSSR count). The number of unbranched alkanes of at least 4 members (excludes halogenated alkanes) is 3. The van der Waals surface area contributed by atoms with E-state index in [9.17, 15) is 0 Å². The molecule has 2 heterocycles. The molecule has 2 N–H and O–H groups in total. The van der Waals surface area contributed by atoms with Crippen LogP contribution in [0, 0.1) is 0 Å². The Hall–Kier alpha value is -0.160. The van der Waals surface area contributed by atoms with E-state index in [1.54, 1.807) is 0 Å². The molecule has 0 aromatic heterocycles. The van der Waals surface area contributed by atoms with E-state index in [2.05, 4.69) is 66.0 Å². The van der Waals surface area contributed by atoms with Gasteiger partial charge in [0.25, 0.3) is 0 Å². The summed E-state index contributed by atoms with van der Waals surface area (Å²) >= 11 is 0. The topological polar surface area (TPSA) is 42.5 Å². The van der Waals surface area contributed by atoms with Crippen molar-refractivity contribution in [2.24, 2.45) is 0 Å². The van der Waals surface area contributed by atoms with E-state index in [0.29, 0.717) is 12.2 Å². The molecule has 2 aliphatic rings. The van der Waals surface area contributed by atoms with Crippen LogP contribution in [-0.2, 0) is 9.47 Å². The van der Waals surface area contributed by atoms with E-state index in [1.165, 1.54) is 25.7 Å². The maximum Gasteiger partial charge on any atom is 0.0768 e. The van der Waals surface area contributed by atoms with Gasteiger partial charge in [0.2, 0.25) is 0 Å². The van der Waals surface area contributed by atoms with Crippen molar-refractivity contribution in [1.29, 1.82) is 0 Å². The first-order chi connectivity index (χ1) is 12.8. The number of rotatable bonds is 9. The van der Waals surface area contributed by atoms with Crippen molar-refractivity contribution in [2.45, 2.75) is 141 Å². The smallest absolute Gasteiger partial charge is 0.0768 e. The Kier molecular flexibility index (Phi) is 8.03. The minimum absolute atomic E-state index is 0.0766. The van der Waals surface area contributed by atoms with Crippen LogP contribution < -0.4 is 10.6 Å². The van der Waals surface area contributed by atoms with Gasteiger partial charge in [-0.3, -0.25) is 0 Å². The molecule has 2 atom stereocenters. The summed E-state index contributed by atoms with van der Waals surface area (Å²) in [7, 11) is 0. The van der Waals surface area contributed by atoms with E-state index in [4.69, 9.17) is 9.47 Å². The van der Waals surface area contributed by atoms with Crippen molar-refractivity contribution in [2.75, 3.05) is 13.2 Å². The maximum atomic E-state index is 6.25. The molecule has 0 aliphatic carbocycles. The van der Waals surface area contributed by atoms with Gasteiger partial charge < -0.3 is 20.1 Å². The lowest BCUT2D eigenvalue weighted by molar-refractivity contribution is 0.0160. The van der Waals surface area contributed by atoms with Gasteiger partial charge >= 0.3 is 0 Å². The molecule has 2 saturated heterocycles. The van der Waals surface area contributed by atoms with Gasteiger partial charge in [-0.15, -0.1) is 0 Å². The summed E-state index contributed by atoms with van der Waals surface area (Å²) in [5, 5.41) is 7.47. The predicted molar refractivity (Wildman–Crippen MR) is 119 cm³/mol. The summed E-state index contributed by atoms with van der Waals surface area (Å²) in [6, 6.07) is 0. The van der Waals surface area contributed by atoms with Crippen molar-refractivity contribution in [3.05, 3.63) is 0 Å². The third kappa shape index (κ3) is 7.93. The molecular formula is C24H48N2O2. The minimum Gasteiger partial charge on any atom is -0.378 e. The first kappa shape index (κ1) is 24.1. The Labute approximate surface area is 174 Å². The SMILES string of the molecule is CC1(C)CCC(OCCCCCCOC2CC(C)(C)NC2(C)C)CC(C)(C)N1. The van der Waals surface area contributed by atoms with Crippen LogP contribution in [0.4, 0.5) is 0 Å². The molecule has 2 aliphatic heterocycles. The molecule has 2 fully saturated rings. The largest absolute Gasteiger partial charge is 0.378 e. The summed E-state index contributed by atoms with van der Waals surface area (Å²) in [5.41, 5.74) is 0.621. The number of hydrogen-bond donors (Lipinski definition) is 2. The average Bonchev–Trinajstić information content (AvgIpc) is 2.64. The second kappa shape index (κ2) is 9.32. The number of hydrogen-bond acceptors (Lipinski definition) is 4. The molecule has 0 aromatic carbocycles. The molecular weight excluding hydrogens is 348 g/mol. The van der Waals surface area contributed by atoms with E-state index in [1.807, 2.05) is 0 Å². The second-order valence-electron chi connectivity index (χ2n) is 11.8. The molecule has 0 radical (unpaired) electrons. The molecule has 4 heteroatoms. The van der Waals surface area contributed by atoms with Crippen LogP contribution in [0.2, 0.25) is 0 Å². The number of ether oxygens (including phenoxy) is 2. The lowest BCUT2D eigenvalue weighted by Gasteiger charge is -2.34. The van der Waals surface area contributed by atoms with Gasteiger partial charge in [0.15, 0.2) is 0 Å². The quantitative estimate of drug-likeness (QED) is 0.526. The minimum atomic E-state index is 0.0766. The van der Waals surface area contributed by atoms with Gasteiger partial charge in [-0.05, 0) is 93.9 Å². The molecule has 0 saturated carbocycles. The average molecular weight is 397 g/mol. The Bertz CT molecular complexity index is 485. The van der Waals surface area contributed by atoms with E-state index < -0.39 is 0 Å². The molecule has 0 bridgehead atoms. The zero-order chi connectivity index (χ0) is 21.1. The zero-order valence-corrected chi connectivity index (χ0v) is 20.0. The molecule has 0 amide bonds. The predicted octanol–water partition coefficient (Wildman–Crippen LogP) is 5.20. The first-order valence-electron chi connectivity index (χ1n) is 11.6. The Balaban J connectivity index is 1.54. The van der Waals surface area contributed by atoms with Crippen LogP contribution in [0.1, 0.15) is 107 Å². The highest BCUT2D eigenvalue weighted by atomic mass is 16.5. The van der Waals surface area contributed by atoms with Crippen LogP contribution in [0.3, 0.4) is 0 Å². The third-order valence-electron chi connectivity index (χ3n) is 6.38. The van der Waals surface area contributed by atoms with Crippen molar-refractivity contribution in [3.8, 4) is 0 Å². The highest BCUT2D eigenvalue weighted by Crippen LogP contribution is 2.33. The van der Waals surface area contributed by atoms with Gasteiger partial charge in [0.1, 0.15) is 0 Å². The monoisotopic (exact) mass is 396 g/mol. The lowest BCUT2D eigenvalue weighted by Crippen LogP contribution is -2.50. The van der Waals surface area contributed by atoms with Crippen LogP contribution in [0.15, 0.2) is 0 Å². The van der Waals surface area contributed by atoms with Crippen molar-refractivity contribution in [3.63, 3.8) is 0 Å². The first-order valence-corrected chi connectivity index (χ1v) is 11.6. The lowest BCUT2D eigenvalue weighted by atomic mass is 9.96. The Morgan fingerprint density at radius 3 is 1.82 bits per heavy atom. The summed E-state index contributed by atoms with van der Waals surface area (Å²) in [4.78, 5) is 0. The van der Waals surface area contributed by atoms with Gasteiger partial charge in [0.05, 0.1) is 12.2 Å². The van der Waals surface area contributed by atoms with Crippen LogP contribution in [0.25, 0.3) is 0 Å². The second-order valence-corrected chi connectivity index (χ2v) is 11.8. The van der Waals surface area contributed by atoms with Crippen molar-refractivity contribution < 1.29 is 9.47 Å². The Morgan fingerprint density at radius 1 is 0.679 bits per heavy atom.